The van der Waals surface area contributed by atoms with Gasteiger partial charge in [-0.15, -0.1) is 24.2 Å². The van der Waals surface area contributed by atoms with E-state index in [1.54, 1.807) is 11.3 Å². The Kier molecular flexibility index (Phi) is 5.07. The molecule has 0 spiro atoms. The lowest BCUT2D eigenvalue weighted by atomic mass is 10.2. The molecule has 0 aliphatic carbocycles. The van der Waals surface area contributed by atoms with Crippen molar-refractivity contribution in [2.45, 2.75) is 20.3 Å². The summed E-state index contributed by atoms with van der Waals surface area (Å²) in [4.78, 5) is 5.47. The van der Waals surface area contributed by atoms with Crippen LogP contribution < -0.4 is 0 Å². The highest BCUT2D eigenvalue weighted by Crippen LogP contribution is 2.21. The molecule has 64 valence electrons. The minimum atomic E-state index is 1.01. The molecule has 0 radical (unpaired) electrons. The highest BCUT2D eigenvalue weighted by Gasteiger charge is 2.02. The zero-order valence-electron chi connectivity index (χ0n) is 7.50. The van der Waals surface area contributed by atoms with Crippen molar-refractivity contribution in [3.05, 3.63) is 22.7 Å². The minimum absolute atomic E-state index is 1.01. The Hall–Kier alpha value is -1.07. The van der Waals surface area contributed by atoms with Crippen molar-refractivity contribution in [2.24, 2.45) is 0 Å². The third-order valence-electron chi connectivity index (χ3n) is 1.36. The number of hydrogen-bond donors (Lipinski definition) is 0. The van der Waals surface area contributed by atoms with Crippen molar-refractivity contribution in [3.63, 3.8) is 0 Å². The molecule has 1 aromatic heterocycles. The van der Waals surface area contributed by atoms with Crippen LogP contribution in [0.1, 0.15) is 24.4 Å². The molecule has 0 bridgehead atoms. The SMILES string of the molecule is C#C.C=C(C)c1scnc1CC. The van der Waals surface area contributed by atoms with Crippen molar-refractivity contribution in [2.75, 3.05) is 0 Å². The van der Waals surface area contributed by atoms with Crippen LogP contribution in [-0.2, 0) is 6.42 Å². The molecule has 0 saturated carbocycles. The average Bonchev–Trinajstić information content (AvgIpc) is 2.55. The second-order valence-corrected chi connectivity index (χ2v) is 3.12. The van der Waals surface area contributed by atoms with Gasteiger partial charge < -0.3 is 0 Å². The highest BCUT2D eigenvalue weighted by molar-refractivity contribution is 7.10. The van der Waals surface area contributed by atoms with E-state index in [0.717, 1.165) is 12.0 Å². The summed E-state index contributed by atoms with van der Waals surface area (Å²) in [6, 6.07) is 0. The number of rotatable bonds is 2. The van der Waals surface area contributed by atoms with E-state index in [9.17, 15) is 0 Å². The van der Waals surface area contributed by atoms with Crippen LogP contribution in [0, 0.1) is 12.8 Å². The summed E-state index contributed by atoms with van der Waals surface area (Å²) in [5.41, 5.74) is 4.18. The quantitative estimate of drug-likeness (QED) is 0.636. The summed E-state index contributed by atoms with van der Waals surface area (Å²) in [6.45, 7) is 8.01. The molecule has 0 N–H and O–H groups in total. The molecule has 0 aliphatic heterocycles. The second-order valence-electron chi connectivity index (χ2n) is 2.26. The van der Waals surface area contributed by atoms with E-state index in [1.807, 2.05) is 12.4 Å². The Morgan fingerprint density at radius 3 is 2.58 bits per heavy atom. The van der Waals surface area contributed by atoms with E-state index in [-0.39, 0.29) is 0 Å². The number of aromatic nitrogens is 1. The molecule has 12 heavy (non-hydrogen) atoms. The van der Waals surface area contributed by atoms with E-state index in [1.165, 1.54) is 10.6 Å². The maximum Gasteiger partial charge on any atom is 0.0801 e. The van der Waals surface area contributed by atoms with Gasteiger partial charge in [-0.3, -0.25) is 0 Å². The maximum atomic E-state index is 4.21. The third kappa shape index (κ3) is 2.52. The van der Waals surface area contributed by atoms with Crippen LogP contribution in [0.25, 0.3) is 5.57 Å². The van der Waals surface area contributed by atoms with Gasteiger partial charge in [0.25, 0.3) is 0 Å². The van der Waals surface area contributed by atoms with Gasteiger partial charge in [0.15, 0.2) is 0 Å². The van der Waals surface area contributed by atoms with Crippen LogP contribution >= 0.6 is 11.3 Å². The van der Waals surface area contributed by atoms with Crippen molar-refractivity contribution < 1.29 is 0 Å². The van der Waals surface area contributed by atoms with Gasteiger partial charge in [0.1, 0.15) is 0 Å². The largest absolute Gasteiger partial charge is 0.249 e. The van der Waals surface area contributed by atoms with Gasteiger partial charge >= 0.3 is 0 Å². The van der Waals surface area contributed by atoms with Gasteiger partial charge in [0, 0.05) is 0 Å². The Bertz CT molecular complexity index is 270. The van der Waals surface area contributed by atoms with E-state index < -0.39 is 0 Å². The fourth-order valence-corrected chi connectivity index (χ4v) is 1.69. The van der Waals surface area contributed by atoms with Crippen molar-refractivity contribution >= 4 is 16.9 Å². The molecule has 1 rings (SSSR count). The molecular weight excluding hydrogens is 166 g/mol. The molecule has 0 atom stereocenters. The summed E-state index contributed by atoms with van der Waals surface area (Å²) in [7, 11) is 0. The average molecular weight is 179 g/mol. The number of hydrogen-bond acceptors (Lipinski definition) is 2. The van der Waals surface area contributed by atoms with Gasteiger partial charge in [-0.2, -0.15) is 0 Å². The number of allylic oxidation sites excluding steroid dienone is 1. The molecule has 0 unspecified atom stereocenters. The molecule has 1 aromatic rings. The summed E-state index contributed by atoms with van der Waals surface area (Å²) < 4.78 is 0. The van der Waals surface area contributed by atoms with Crippen LogP contribution in [-0.4, -0.2) is 4.98 Å². The van der Waals surface area contributed by atoms with Crippen LogP contribution in [0.2, 0.25) is 0 Å². The van der Waals surface area contributed by atoms with Gasteiger partial charge in [0.2, 0.25) is 0 Å². The molecule has 0 amide bonds. The molecule has 1 nitrogen and oxygen atoms in total. The molecule has 2 heteroatoms. The van der Waals surface area contributed by atoms with Crippen LogP contribution in [0.5, 0.6) is 0 Å². The normalized spacial score (nSPS) is 8.33. The Morgan fingerprint density at radius 1 is 1.67 bits per heavy atom. The van der Waals surface area contributed by atoms with Crippen LogP contribution in [0.15, 0.2) is 12.1 Å². The lowest BCUT2D eigenvalue weighted by Crippen LogP contribution is -1.83. The lowest BCUT2D eigenvalue weighted by molar-refractivity contribution is 1.06. The summed E-state index contributed by atoms with van der Waals surface area (Å²) in [5, 5.41) is 0. The standard InChI is InChI=1S/C8H11NS.C2H2/c1-4-7-8(6(2)3)10-5-9-7;1-2/h5H,2,4H2,1,3H3;1-2H. The molecule has 0 aromatic carbocycles. The fourth-order valence-electron chi connectivity index (χ4n) is 0.868. The minimum Gasteiger partial charge on any atom is -0.249 e. The van der Waals surface area contributed by atoms with Gasteiger partial charge in [-0.05, 0) is 18.9 Å². The number of thiazole rings is 1. The van der Waals surface area contributed by atoms with E-state index in [4.69, 9.17) is 0 Å². The van der Waals surface area contributed by atoms with E-state index in [2.05, 4.69) is 31.3 Å². The van der Waals surface area contributed by atoms with Crippen molar-refractivity contribution in [1.29, 1.82) is 0 Å². The first kappa shape index (κ1) is 10.9. The predicted octanol–water partition coefficient (Wildman–Crippen LogP) is 2.99. The maximum absolute atomic E-state index is 4.21. The summed E-state index contributed by atoms with van der Waals surface area (Å²) >= 11 is 1.67. The predicted molar refractivity (Wildman–Crippen MR) is 56.1 cm³/mol. The van der Waals surface area contributed by atoms with Gasteiger partial charge in [0.05, 0.1) is 16.1 Å². The molecular formula is C10H13NS. The molecule has 1 heterocycles. The zero-order chi connectivity index (χ0) is 9.56. The summed E-state index contributed by atoms with van der Waals surface area (Å²) in [5.74, 6) is 0. The van der Waals surface area contributed by atoms with Crippen molar-refractivity contribution in [3.8, 4) is 12.8 Å². The summed E-state index contributed by atoms with van der Waals surface area (Å²) in [6.07, 6.45) is 9.01. The monoisotopic (exact) mass is 179 g/mol. The Morgan fingerprint density at radius 2 is 2.25 bits per heavy atom. The zero-order valence-corrected chi connectivity index (χ0v) is 8.32. The molecule has 0 saturated heterocycles. The first-order valence-corrected chi connectivity index (χ1v) is 4.55. The first-order valence-electron chi connectivity index (χ1n) is 3.67. The van der Waals surface area contributed by atoms with Gasteiger partial charge in [-0.25, -0.2) is 4.98 Å². The lowest BCUT2D eigenvalue weighted by Gasteiger charge is -1.95. The van der Waals surface area contributed by atoms with Crippen LogP contribution in [0.3, 0.4) is 0 Å². The molecule has 0 fully saturated rings. The smallest absolute Gasteiger partial charge is 0.0801 e. The third-order valence-corrected chi connectivity index (χ3v) is 2.39. The number of terminal acetylenes is 1. The van der Waals surface area contributed by atoms with E-state index >= 15 is 0 Å². The highest BCUT2D eigenvalue weighted by atomic mass is 32.1. The fraction of sp³-hybridized carbons (Fsp3) is 0.300. The molecule has 0 aliphatic rings. The van der Waals surface area contributed by atoms with E-state index in [0.29, 0.717) is 0 Å². The van der Waals surface area contributed by atoms with Crippen molar-refractivity contribution in [1.82, 2.24) is 4.98 Å². The van der Waals surface area contributed by atoms with Crippen LogP contribution in [0.4, 0.5) is 0 Å². The number of aryl methyl sites for hydroxylation is 1. The Balaban J connectivity index is 0.000000561. The number of nitrogens with zero attached hydrogens (tertiary/aromatic N) is 1. The van der Waals surface area contributed by atoms with Gasteiger partial charge in [-0.1, -0.05) is 13.5 Å². The second kappa shape index (κ2) is 5.56. The Labute approximate surface area is 78.2 Å². The first-order chi connectivity index (χ1) is 5.75. The topological polar surface area (TPSA) is 12.9 Å².